The molecular formula is C19H20N2OS2. The van der Waals surface area contributed by atoms with Crippen molar-refractivity contribution in [3.63, 3.8) is 0 Å². The Bertz CT molecular complexity index is 809. The van der Waals surface area contributed by atoms with E-state index in [0.29, 0.717) is 6.54 Å². The Morgan fingerprint density at radius 2 is 2.00 bits per heavy atom. The number of aryl methyl sites for hydroxylation is 2. The molecule has 3 aromatic rings. The van der Waals surface area contributed by atoms with Gasteiger partial charge in [0.2, 0.25) is 0 Å². The van der Waals surface area contributed by atoms with Crippen LogP contribution in [0.25, 0.3) is 10.2 Å². The van der Waals surface area contributed by atoms with Gasteiger partial charge >= 0.3 is 0 Å². The minimum atomic E-state index is 0.0641. The maximum Gasteiger partial charge on any atom is 0.261 e. The van der Waals surface area contributed by atoms with Crippen LogP contribution in [0, 0.1) is 0 Å². The molecule has 0 atom stereocenters. The fourth-order valence-electron chi connectivity index (χ4n) is 3.18. The van der Waals surface area contributed by atoms with Crippen molar-refractivity contribution >= 4 is 38.8 Å². The summed E-state index contributed by atoms with van der Waals surface area (Å²) in [5, 5.41) is 4.14. The number of carbonyl (C=O) groups is 1. The van der Waals surface area contributed by atoms with E-state index in [1.165, 1.54) is 34.4 Å². The molecule has 5 heteroatoms. The second-order valence-electron chi connectivity index (χ2n) is 6.20. The van der Waals surface area contributed by atoms with Gasteiger partial charge in [-0.1, -0.05) is 18.6 Å². The average Bonchev–Trinajstić information content (AvgIpc) is 3.12. The highest BCUT2D eigenvalue weighted by Crippen LogP contribution is 2.29. The summed E-state index contributed by atoms with van der Waals surface area (Å²) in [5.41, 5.74) is 2.44. The predicted octanol–water partition coefficient (Wildman–Crippen LogP) is 4.60. The van der Waals surface area contributed by atoms with E-state index < -0.39 is 0 Å². The van der Waals surface area contributed by atoms with Gasteiger partial charge in [-0.05, 0) is 49.4 Å². The summed E-state index contributed by atoms with van der Waals surface area (Å²) >= 11 is 3.39. The van der Waals surface area contributed by atoms with Crippen LogP contribution < -0.4 is 5.32 Å². The number of benzene rings is 1. The van der Waals surface area contributed by atoms with Gasteiger partial charge in [-0.15, -0.1) is 22.7 Å². The Morgan fingerprint density at radius 1 is 1.12 bits per heavy atom. The highest BCUT2D eigenvalue weighted by molar-refractivity contribution is 7.18. The molecule has 0 radical (unpaired) electrons. The zero-order chi connectivity index (χ0) is 16.4. The number of para-hydroxylation sites is 1. The lowest BCUT2D eigenvalue weighted by atomic mass is 10.1. The van der Waals surface area contributed by atoms with Crippen molar-refractivity contribution in [1.29, 1.82) is 0 Å². The van der Waals surface area contributed by atoms with Crippen LogP contribution in [0.2, 0.25) is 0 Å². The lowest BCUT2D eigenvalue weighted by Crippen LogP contribution is -2.24. The van der Waals surface area contributed by atoms with Crippen LogP contribution >= 0.6 is 22.7 Å². The summed E-state index contributed by atoms with van der Waals surface area (Å²) in [6.07, 6.45) is 6.87. The van der Waals surface area contributed by atoms with E-state index in [2.05, 4.69) is 22.4 Å². The number of hydrogen-bond donors (Lipinski definition) is 1. The Hall–Kier alpha value is -1.72. The van der Waals surface area contributed by atoms with Crippen LogP contribution in [0.3, 0.4) is 0 Å². The third-order valence-electron chi connectivity index (χ3n) is 4.43. The molecule has 0 fully saturated rings. The van der Waals surface area contributed by atoms with E-state index >= 15 is 0 Å². The number of thiazole rings is 1. The number of rotatable bonds is 4. The van der Waals surface area contributed by atoms with E-state index in [0.717, 1.165) is 34.7 Å². The van der Waals surface area contributed by atoms with Gasteiger partial charge in [0.1, 0.15) is 0 Å². The normalized spacial score (nSPS) is 14.3. The summed E-state index contributed by atoms with van der Waals surface area (Å²) in [5.74, 6) is 0.0641. The van der Waals surface area contributed by atoms with Crippen LogP contribution in [0.15, 0.2) is 30.3 Å². The maximum absolute atomic E-state index is 12.4. The Balaban J connectivity index is 1.36. The average molecular weight is 357 g/mol. The first-order chi connectivity index (χ1) is 11.8. The maximum atomic E-state index is 12.4. The van der Waals surface area contributed by atoms with Gasteiger partial charge in [0.25, 0.3) is 5.91 Å². The van der Waals surface area contributed by atoms with Gasteiger partial charge in [-0.2, -0.15) is 0 Å². The smallest absolute Gasteiger partial charge is 0.261 e. The van der Waals surface area contributed by atoms with E-state index in [9.17, 15) is 4.79 Å². The summed E-state index contributed by atoms with van der Waals surface area (Å²) in [4.78, 5) is 19.3. The molecule has 1 aromatic carbocycles. The highest BCUT2D eigenvalue weighted by atomic mass is 32.1. The van der Waals surface area contributed by atoms with Crippen molar-refractivity contribution in [2.75, 3.05) is 6.54 Å². The van der Waals surface area contributed by atoms with Crippen LogP contribution in [-0.4, -0.2) is 17.4 Å². The minimum Gasteiger partial charge on any atom is -0.351 e. The second-order valence-corrected chi connectivity index (χ2v) is 8.45. The molecule has 0 unspecified atom stereocenters. The number of fused-ring (bicyclic) bond motifs is 2. The van der Waals surface area contributed by atoms with Crippen LogP contribution in [0.1, 0.15) is 44.4 Å². The SMILES string of the molecule is O=C(NCCc1nc2ccccc2s1)c1cc2c(s1)CCCCC2. The van der Waals surface area contributed by atoms with E-state index in [-0.39, 0.29) is 5.91 Å². The fraction of sp³-hybridized carbons (Fsp3) is 0.368. The number of nitrogens with zero attached hydrogens (tertiary/aromatic N) is 1. The fourth-order valence-corrected chi connectivity index (χ4v) is 5.31. The third-order valence-corrected chi connectivity index (χ3v) is 6.77. The molecule has 0 saturated carbocycles. The number of thiophene rings is 1. The number of hydrogen-bond acceptors (Lipinski definition) is 4. The Morgan fingerprint density at radius 3 is 2.92 bits per heavy atom. The quantitative estimate of drug-likeness (QED) is 0.694. The molecule has 124 valence electrons. The molecule has 2 heterocycles. The summed E-state index contributed by atoms with van der Waals surface area (Å²) in [7, 11) is 0. The van der Waals surface area contributed by atoms with Crippen molar-refractivity contribution < 1.29 is 4.79 Å². The van der Waals surface area contributed by atoms with Gasteiger partial charge < -0.3 is 5.32 Å². The molecule has 0 bridgehead atoms. The molecule has 1 aliphatic rings. The summed E-state index contributed by atoms with van der Waals surface area (Å²) < 4.78 is 1.21. The number of amides is 1. The van der Waals surface area contributed by atoms with Gasteiger partial charge in [0.05, 0.1) is 20.1 Å². The van der Waals surface area contributed by atoms with Gasteiger partial charge in [0, 0.05) is 17.8 Å². The molecule has 3 nitrogen and oxygen atoms in total. The molecule has 0 spiro atoms. The standard InChI is InChI=1S/C19H20N2OS2/c22-19(17-12-13-6-2-1-3-8-15(13)23-17)20-11-10-18-21-14-7-4-5-9-16(14)24-18/h4-5,7,9,12H,1-3,6,8,10-11H2,(H,20,22). The summed E-state index contributed by atoms with van der Waals surface area (Å²) in [6.45, 7) is 0.640. The van der Waals surface area contributed by atoms with Gasteiger partial charge in [-0.25, -0.2) is 4.98 Å². The molecular weight excluding hydrogens is 336 g/mol. The highest BCUT2D eigenvalue weighted by Gasteiger charge is 2.16. The molecule has 2 aromatic heterocycles. The lowest BCUT2D eigenvalue weighted by Gasteiger charge is -2.01. The first-order valence-corrected chi connectivity index (χ1v) is 10.2. The molecule has 24 heavy (non-hydrogen) atoms. The van der Waals surface area contributed by atoms with Gasteiger partial charge in [0.15, 0.2) is 0 Å². The molecule has 1 N–H and O–H groups in total. The Labute approximate surface area is 149 Å². The van der Waals surface area contributed by atoms with Crippen LogP contribution in [0.4, 0.5) is 0 Å². The predicted molar refractivity (Wildman–Crippen MR) is 101 cm³/mol. The molecule has 1 aliphatic carbocycles. The van der Waals surface area contributed by atoms with E-state index in [4.69, 9.17) is 0 Å². The first-order valence-electron chi connectivity index (χ1n) is 8.54. The van der Waals surface area contributed by atoms with Gasteiger partial charge in [-0.3, -0.25) is 4.79 Å². The first kappa shape index (κ1) is 15.8. The third kappa shape index (κ3) is 3.37. The zero-order valence-corrected chi connectivity index (χ0v) is 15.1. The number of carbonyl (C=O) groups excluding carboxylic acids is 1. The van der Waals surface area contributed by atoms with E-state index in [1.54, 1.807) is 22.7 Å². The molecule has 0 saturated heterocycles. The Kier molecular flexibility index (Phi) is 4.63. The molecule has 4 rings (SSSR count). The van der Waals surface area contributed by atoms with Crippen molar-refractivity contribution in [1.82, 2.24) is 10.3 Å². The lowest BCUT2D eigenvalue weighted by molar-refractivity contribution is 0.0958. The minimum absolute atomic E-state index is 0.0641. The van der Waals surface area contributed by atoms with Crippen molar-refractivity contribution in [3.8, 4) is 0 Å². The largest absolute Gasteiger partial charge is 0.351 e. The number of nitrogens with one attached hydrogen (secondary N) is 1. The van der Waals surface area contributed by atoms with Crippen molar-refractivity contribution in [3.05, 3.63) is 50.7 Å². The summed E-state index contributed by atoms with van der Waals surface area (Å²) in [6, 6.07) is 10.3. The second kappa shape index (κ2) is 7.03. The topological polar surface area (TPSA) is 42.0 Å². The molecule has 1 amide bonds. The molecule has 0 aliphatic heterocycles. The van der Waals surface area contributed by atoms with Crippen molar-refractivity contribution in [2.24, 2.45) is 0 Å². The number of aromatic nitrogens is 1. The van der Waals surface area contributed by atoms with Crippen molar-refractivity contribution in [2.45, 2.75) is 38.5 Å². The van der Waals surface area contributed by atoms with E-state index in [1.807, 2.05) is 18.2 Å². The van der Waals surface area contributed by atoms with Crippen LogP contribution in [0.5, 0.6) is 0 Å². The van der Waals surface area contributed by atoms with Crippen LogP contribution in [-0.2, 0) is 19.3 Å². The zero-order valence-electron chi connectivity index (χ0n) is 13.5. The monoisotopic (exact) mass is 356 g/mol.